The summed E-state index contributed by atoms with van der Waals surface area (Å²) in [6, 6.07) is 8.24. The fourth-order valence-corrected chi connectivity index (χ4v) is 5.26. The summed E-state index contributed by atoms with van der Waals surface area (Å²) in [7, 11) is 0. The van der Waals surface area contributed by atoms with Crippen LogP contribution < -0.4 is 11.1 Å². The van der Waals surface area contributed by atoms with E-state index in [-0.39, 0.29) is 47.6 Å². The van der Waals surface area contributed by atoms with Crippen LogP contribution >= 0.6 is 0 Å². The number of hydrogen-bond acceptors (Lipinski definition) is 5. The number of nitrogens with zero attached hydrogens (tertiary/aromatic N) is 4. The minimum atomic E-state index is -4.84. The summed E-state index contributed by atoms with van der Waals surface area (Å²) in [6.45, 7) is 0.00541. The van der Waals surface area contributed by atoms with Gasteiger partial charge in [-0.3, -0.25) is 24.0 Å². The predicted molar refractivity (Wildman–Crippen MR) is 146 cm³/mol. The van der Waals surface area contributed by atoms with E-state index in [1.54, 1.807) is 6.07 Å². The van der Waals surface area contributed by atoms with Gasteiger partial charge in [-0.25, -0.2) is 13.2 Å². The first-order valence-electron chi connectivity index (χ1n) is 13.4. The van der Waals surface area contributed by atoms with Crippen LogP contribution in [0.15, 0.2) is 54.7 Å². The van der Waals surface area contributed by atoms with Gasteiger partial charge in [0.15, 0.2) is 5.69 Å². The van der Waals surface area contributed by atoms with Crippen molar-refractivity contribution in [3.63, 3.8) is 0 Å². The van der Waals surface area contributed by atoms with Crippen molar-refractivity contribution in [3.05, 3.63) is 106 Å². The Labute approximate surface area is 251 Å². The average molecular weight is 631 g/mol. The zero-order valence-electron chi connectivity index (χ0n) is 23.5. The molecular formula is C30H24F6N6O3. The van der Waals surface area contributed by atoms with Crippen molar-refractivity contribution in [1.29, 1.82) is 0 Å². The summed E-state index contributed by atoms with van der Waals surface area (Å²) in [5, 5.41) is 6.29. The number of hydrogen-bond donors (Lipinski definition) is 2. The molecule has 15 heteroatoms. The predicted octanol–water partition coefficient (Wildman–Crippen LogP) is 4.44. The second kappa shape index (κ2) is 12.1. The molecule has 1 aliphatic rings. The monoisotopic (exact) mass is 630 g/mol. The fourth-order valence-electron chi connectivity index (χ4n) is 5.26. The van der Waals surface area contributed by atoms with Gasteiger partial charge in [0.05, 0.1) is 36.1 Å². The Balaban J connectivity index is 1.52. The Bertz CT molecular complexity index is 1800. The van der Waals surface area contributed by atoms with Crippen LogP contribution in [0.2, 0.25) is 0 Å². The third-order valence-corrected chi connectivity index (χ3v) is 7.27. The SMILES string of the molecule is CC(=O)N1Cc2c(C(F)(F)F)nn(CC(=O)NC(Cc3cc(F)cc(F)c3)c3ncccc3-c3ccc(F)c(C(N)=O)c3)c2C1. The molecule has 3 amide bonds. The fraction of sp³-hybridized carbons (Fsp3) is 0.233. The van der Waals surface area contributed by atoms with E-state index in [1.807, 2.05) is 0 Å². The zero-order chi connectivity index (χ0) is 32.6. The highest BCUT2D eigenvalue weighted by Crippen LogP contribution is 2.37. The molecule has 3 heterocycles. The summed E-state index contributed by atoms with van der Waals surface area (Å²) in [4.78, 5) is 42.6. The van der Waals surface area contributed by atoms with Crippen LogP contribution in [-0.4, -0.2) is 37.4 Å². The van der Waals surface area contributed by atoms with Crippen molar-refractivity contribution < 1.29 is 40.7 Å². The molecule has 2 aromatic carbocycles. The maximum atomic E-state index is 14.2. The first-order chi connectivity index (χ1) is 21.2. The number of nitrogens with one attached hydrogen (secondary N) is 1. The average Bonchev–Trinajstić information content (AvgIpc) is 3.53. The van der Waals surface area contributed by atoms with E-state index in [2.05, 4.69) is 15.4 Å². The third-order valence-electron chi connectivity index (χ3n) is 7.27. The molecule has 1 unspecified atom stereocenters. The Hall–Kier alpha value is -5.21. The van der Waals surface area contributed by atoms with Crippen LogP contribution in [0.1, 0.15) is 51.5 Å². The smallest absolute Gasteiger partial charge is 0.366 e. The van der Waals surface area contributed by atoms with Crippen molar-refractivity contribution in [3.8, 4) is 11.1 Å². The highest BCUT2D eigenvalue weighted by Gasteiger charge is 2.42. The standard InChI is InChI=1S/C30H24F6N6O3/c1-15(43)41-12-22-25(13-41)42(40-28(22)30(34,35)36)14-26(44)39-24(9-16-7-18(31)11-19(32)8-16)27-20(3-2-6-38-27)17-4-5-23(33)21(10-17)29(37)45/h2-8,10-11,24H,9,12-14H2,1H3,(H2,37,45)(H,39,44). The molecule has 0 fully saturated rings. The number of pyridine rings is 1. The van der Waals surface area contributed by atoms with E-state index in [9.17, 15) is 40.7 Å². The van der Waals surface area contributed by atoms with Crippen molar-refractivity contribution >= 4 is 17.7 Å². The maximum Gasteiger partial charge on any atom is 0.435 e. The molecule has 9 nitrogen and oxygen atoms in total. The molecular weight excluding hydrogens is 606 g/mol. The molecule has 4 aromatic rings. The quantitative estimate of drug-likeness (QED) is 0.279. The number of carbonyl (C=O) groups is 3. The van der Waals surface area contributed by atoms with Crippen molar-refractivity contribution in [2.75, 3.05) is 0 Å². The summed E-state index contributed by atoms with van der Waals surface area (Å²) in [5.74, 6) is -4.96. The minimum absolute atomic E-state index is 0.0419. The van der Waals surface area contributed by atoms with E-state index in [4.69, 9.17) is 5.73 Å². The number of benzene rings is 2. The van der Waals surface area contributed by atoms with E-state index < -0.39 is 65.2 Å². The van der Waals surface area contributed by atoms with Gasteiger partial charge in [0.25, 0.3) is 5.91 Å². The summed E-state index contributed by atoms with van der Waals surface area (Å²) in [6.07, 6.45) is -3.70. The second-order valence-corrected chi connectivity index (χ2v) is 10.4. The lowest BCUT2D eigenvalue weighted by Crippen LogP contribution is -2.34. The second-order valence-electron chi connectivity index (χ2n) is 10.4. The Morgan fingerprint density at radius 1 is 1.02 bits per heavy atom. The van der Waals surface area contributed by atoms with Crippen LogP contribution in [-0.2, 0) is 41.8 Å². The van der Waals surface area contributed by atoms with Crippen molar-refractivity contribution in [2.24, 2.45) is 5.73 Å². The molecule has 0 aliphatic carbocycles. The number of halogens is 6. The lowest BCUT2D eigenvalue weighted by atomic mass is 9.94. The number of alkyl halides is 3. The summed E-state index contributed by atoms with van der Waals surface area (Å²) >= 11 is 0. The van der Waals surface area contributed by atoms with Crippen molar-refractivity contribution in [1.82, 2.24) is 25.0 Å². The molecule has 234 valence electrons. The molecule has 0 bridgehead atoms. The number of fused-ring (bicyclic) bond motifs is 1. The number of primary amides is 1. The first kappa shape index (κ1) is 31.2. The Morgan fingerprint density at radius 2 is 1.73 bits per heavy atom. The number of carbonyl (C=O) groups excluding carboxylic acids is 3. The van der Waals surface area contributed by atoms with Gasteiger partial charge >= 0.3 is 6.18 Å². The normalized spacial score (nSPS) is 13.4. The van der Waals surface area contributed by atoms with Crippen LogP contribution in [0.25, 0.3) is 11.1 Å². The first-order valence-corrected chi connectivity index (χ1v) is 13.4. The number of nitrogens with two attached hydrogens (primary N) is 1. The molecule has 1 atom stereocenters. The van der Waals surface area contributed by atoms with E-state index in [1.165, 1.54) is 36.2 Å². The zero-order valence-corrected chi connectivity index (χ0v) is 23.5. The topological polar surface area (TPSA) is 123 Å². The van der Waals surface area contributed by atoms with Crippen LogP contribution in [0.5, 0.6) is 0 Å². The van der Waals surface area contributed by atoms with Gasteiger partial charge < -0.3 is 16.0 Å². The molecule has 2 aromatic heterocycles. The van der Waals surface area contributed by atoms with Gasteiger partial charge in [-0.2, -0.15) is 18.3 Å². The molecule has 0 saturated carbocycles. The molecule has 5 rings (SSSR count). The lowest BCUT2D eigenvalue weighted by Gasteiger charge is -2.22. The summed E-state index contributed by atoms with van der Waals surface area (Å²) < 4.78 is 84.6. The van der Waals surface area contributed by atoms with Gasteiger partial charge in [0.2, 0.25) is 11.8 Å². The van der Waals surface area contributed by atoms with Crippen molar-refractivity contribution in [2.45, 2.75) is 45.2 Å². The van der Waals surface area contributed by atoms with E-state index >= 15 is 0 Å². The molecule has 45 heavy (non-hydrogen) atoms. The van der Waals surface area contributed by atoms with Gasteiger partial charge in [0, 0.05) is 30.3 Å². The third kappa shape index (κ3) is 6.66. The molecule has 1 aliphatic heterocycles. The molecule has 0 saturated heterocycles. The van der Waals surface area contributed by atoms with Gasteiger partial charge in [-0.15, -0.1) is 0 Å². The van der Waals surface area contributed by atoms with E-state index in [0.717, 1.165) is 22.9 Å². The lowest BCUT2D eigenvalue weighted by molar-refractivity contribution is -0.143. The van der Waals surface area contributed by atoms with Crippen LogP contribution in [0.3, 0.4) is 0 Å². The molecule has 0 radical (unpaired) electrons. The summed E-state index contributed by atoms with van der Waals surface area (Å²) in [5.41, 5.74) is 4.33. The largest absolute Gasteiger partial charge is 0.435 e. The van der Waals surface area contributed by atoms with Gasteiger partial charge in [-0.1, -0.05) is 12.1 Å². The van der Waals surface area contributed by atoms with E-state index in [0.29, 0.717) is 11.6 Å². The number of amides is 3. The van der Waals surface area contributed by atoms with Gasteiger partial charge in [0.1, 0.15) is 24.0 Å². The number of aromatic nitrogens is 3. The van der Waals surface area contributed by atoms with Crippen LogP contribution in [0, 0.1) is 17.5 Å². The highest BCUT2D eigenvalue weighted by molar-refractivity contribution is 5.94. The molecule has 0 spiro atoms. The maximum absolute atomic E-state index is 14.2. The molecule has 3 N–H and O–H groups in total. The van der Waals surface area contributed by atoms with Crippen LogP contribution in [0.4, 0.5) is 26.3 Å². The van der Waals surface area contributed by atoms with Gasteiger partial charge in [-0.05, 0) is 47.9 Å². The Morgan fingerprint density at radius 3 is 2.38 bits per heavy atom. The Kier molecular flexibility index (Phi) is 8.36. The number of rotatable bonds is 8. The highest BCUT2D eigenvalue weighted by atomic mass is 19.4. The minimum Gasteiger partial charge on any atom is -0.366 e.